The standard InChI is InChI=1S/C11H22S/c1-5-9-11(8-4)12-10(6-2)7-3/h8,10H,5-7,9H2,1-4H3/b11-8-. The van der Waals surface area contributed by atoms with Crippen LogP contribution in [0.5, 0.6) is 0 Å². The smallest absolute Gasteiger partial charge is 0.00858 e. The highest BCUT2D eigenvalue weighted by molar-refractivity contribution is 8.03. The van der Waals surface area contributed by atoms with Gasteiger partial charge >= 0.3 is 0 Å². The molecule has 0 amide bonds. The van der Waals surface area contributed by atoms with E-state index in [0.29, 0.717) is 0 Å². The zero-order chi connectivity index (χ0) is 9.40. The van der Waals surface area contributed by atoms with Crippen molar-refractivity contribution in [1.82, 2.24) is 0 Å². The molecule has 0 radical (unpaired) electrons. The molecule has 72 valence electrons. The highest BCUT2D eigenvalue weighted by Crippen LogP contribution is 2.29. The Balaban J connectivity index is 3.83. The average Bonchev–Trinajstić information content (AvgIpc) is 2.12. The first-order valence-electron chi connectivity index (χ1n) is 5.10. The molecule has 0 nitrogen and oxygen atoms in total. The van der Waals surface area contributed by atoms with Crippen molar-refractivity contribution < 1.29 is 0 Å². The van der Waals surface area contributed by atoms with Crippen molar-refractivity contribution in [2.24, 2.45) is 0 Å². The Labute approximate surface area is 81.8 Å². The van der Waals surface area contributed by atoms with E-state index < -0.39 is 0 Å². The lowest BCUT2D eigenvalue weighted by molar-refractivity contribution is 0.792. The molecule has 0 aliphatic rings. The van der Waals surface area contributed by atoms with Gasteiger partial charge in [0.15, 0.2) is 0 Å². The number of hydrogen-bond acceptors (Lipinski definition) is 1. The topological polar surface area (TPSA) is 0 Å². The molecule has 0 saturated carbocycles. The second-order valence-electron chi connectivity index (χ2n) is 3.06. The second kappa shape index (κ2) is 7.72. The molecule has 0 atom stereocenters. The molecular weight excluding hydrogens is 164 g/mol. The summed E-state index contributed by atoms with van der Waals surface area (Å²) in [6.07, 6.45) is 7.39. The van der Waals surface area contributed by atoms with Gasteiger partial charge in [-0.15, -0.1) is 11.8 Å². The van der Waals surface area contributed by atoms with E-state index in [2.05, 4.69) is 45.5 Å². The fourth-order valence-electron chi connectivity index (χ4n) is 1.19. The molecule has 0 aromatic carbocycles. The molecule has 0 aliphatic heterocycles. The van der Waals surface area contributed by atoms with Crippen molar-refractivity contribution in [3.05, 3.63) is 11.0 Å². The van der Waals surface area contributed by atoms with Crippen molar-refractivity contribution in [2.45, 2.75) is 58.6 Å². The minimum absolute atomic E-state index is 0.836. The van der Waals surface area contributed by atoms with Crippen LogP contribution in [-0.2, 0) is 0 Å². The summed E-state index contributed by atoms with van der Waals surface area (Å²) in [6, 6.07) is 0. The van der Waals surface area contributed by atoms with E-state index in [0.717, 1.165) is 5.25 Å². The van der Waals surface area contributed by atoms with Gasteiger partial charge in [-0.3, -0.25) is 0 Å². The molecule has 0 bridgehead atoms. The van der Waals surface area contributed by atoms with E-state index in [1.807, 2.05) is 0 Å². The maximum absolute atomic E-state index is 2.28. The Morgan fingerprint density at radius 2 is 1.83 bits per heavy atom. The van der Waals surface area contributed by atoms with Crippen LogP contribution in [0.3, 0.4) is 0 Å². The molecule has 1 heteroatoms. The van der Waals surface area contributed by atoms with Crippen molar-refractivity contribution in [3.8, 4) is 0 Å². The molecule has 0 aliphatic carbocycles. The molecule has 0 unspecified atom stereocenters. The zero-order valence-corrected chi connectivity index (χ0v) is 9.71. The molecule has 0 spiro atoms. The van der Waals surface area contributed by atoms with Crippen molar-refractivity contribution in [1.29, 1.82) is 0 Å². The molecule has 0 heterocycles. The van der Waals surface area contributed by atoms with Crippen molar-refractivity contribution in [2.75, 3.05) is 0 Å². The average molecular weight is 186 g/mol. The summed E-state index contributed by atoms with van der Waals surface area (Å²) in [6.45, 7) is 8.96. The quantitative estimate of drug-likeness (QED) is 0.583. The lowest BCUT2D eigenvalue weighted by atomic mass is 10.3. The molecule has 0 fully saturated rings. The lowest BCUT2D eigenvalue weighted by Gasteiger charge is -2.13. The van der Waals surface area contributed by atoms with E-state index in [-0.39, 0.29) is 0 Å². The minimum atomic E-state index is 0.836. The Morgan fingerprint density at radius 1 is 1.25 bits per heavy atom. The van der Waals surface area contributed by atoms with Gasteiger partial charge in [0.25, 0.3) is 0 Å². The van der Waals surface area contributed by atoms with Crippen LogP contribution < -0.4 is 0 Å². The van der Waals surface area contributed by atoms with E-state index in [4.69, 9.17) is 0 Å². The van der Waals surface area contributed by atoms with Crippen LogP contribution in [-0.4, -0.2) is 5.25 Å². The van der Waals surface area contributed by atoms with Gasteiger partial charge < -0.3 is 0 Å². The highest BCUT2D eigenvalue weighted by Gasteiger charge is 2.05. The summed E-state index contributed by atoms with van der Waals surface area (Å²) in [5, 5.41) is 0.836. The third-order valence-electron chi connectivity index (χ3n) is 2.05. The van der Waals surface area contributed by atoms with Gasteiger partial charge in [0.2, 0.25) is 0 Å². The van der Waals surface area contributed by atoms with Gasteiger partial charge in [-0.05, 0) is 31.1 Å². The van der Waals surface area contributed by atoms with Crippen LogP contribution in [0.1, 0.15) is 53.4 Å². The number of thioether (sulfide) groups is 1. The van der Waals surface area contributed by atoms with Crippen molar-refractivity contribution in [3.63, 3.8) is 0 Å². The summed E-state index contributed by atoms with van der Waals surface area (Å²) >= 11 is 2.08. The zero-order valence-electron chi connectivity index (χ0n) is 8.89. The van der Waals surface area contributed by atoms with Gasteiger partial charge in [-0.1, -0.05) is 33.3 Å². The van der Waals surface area contributed by atoms with Crippen molar-refractivity contribution >= 4 is 11.8 Å². The predicted molar refractivity (Wildman–Crippen MR) is 60.6 cm³/mol. The molecule has 0 N–H and O–H groups in total. The summed E-state index contributed by atoms with van der Waals surface area (Å²) in [7, 11) is 0. The minimum Gasteiger partial charge on any atom is -0.128 e. The predicted octanol–water partition coefficient (Wildman–Crippen LogP) is 4.61. The summed E-state index contributed by atoms with van der Waals surface area (Å²) in [5.74, 6) is 0. The van der Waals surface area contributed by atoms with Crippen LogP contribution >= 0.6 is 11.8 Å². The maximum atomic E-state index is 2.28. The fraction of sp³-hybridized carbons (Fsp3) is 0.818. The maximum Gasteiger partial charge on any atom is 0.00858 e. The van der Waals surface area contributed by atoms with Crippen LogP contribution in [0, 0.1) is 0 Å². The number of rotatable bonds is 6. The normalized spacial score (nSPS) is 12.6. The molecule has 0 saturated heterocycles. The van der Waals surface area contributed by atoms with Crippen LogP contribution in [0.2, 0.25) is 0 Å². The third-order valence-corrected chi connectivity index (χ3v) is 3.79. The number of hydrogen-bond donors (Lipinski definition) is 0. The lowest BCUT2D eigenvalue weighted by Crippen LogP contribution is -1.98. The summed E-state index contributed by atoms with van der Waals surface area (Å²) in [5.41, 5.74) is 0. The molecule has 12 heavy (non-hydrogen) atoms. The Morgan fingerprint density at radius 3 is 2.17 bits per heavy atom. The van der Waals surface area contributed by atoms with Crippen LogP contribution in [0.15, 0.2) is 11.0 Å². The first kappa shape index (κ1) is 12.1. The number of allylic oxidation sites excluding steroid dienone is 2. The van der Waals surface area contributed by atoms with Gasteiger partial charge in [-0.25, -0.2) is 0 Å². The first-order chi connectivity index (χ1) is 5.78. The molecule has 0 rings (SSSR count). The summed E-state index contributed by atoms with van der Waals surface area (Å²) < 4.78 is 0. The SMILES string of the molecule is C/C=C(/CCC)SC(CC)CC. The third kappa shape index (κ3) is 4.87. The molecule has 0 aromatic rings. The largest absolute Gasteiger partial charge is 0.128 e. The van der Waals surface area contributed by atoms with Crippen LogP contribution in [0.4, 0.5) is 0 Å². The van der Waals surface area contributed by atoms with E-state index >= 15 is 0 Å². The highest BCUT2D eigenvalue weighted by atomic mass is 32.2. The second-order valence-corrected chi connectivity index (χ2v) is 4.49. The van der Waals surface area contributed by atoms with E-state index in [9.17, 15) is 0 Å². The molecule has 0 aromatic heterocycles. The van der Waals surface area contributed by atoms with Gasteiger partial charge in [0, 0.05) is 5.25 Å². The van der Waals surface area contributed by atoms with Gasteiger partial charge in [0.05, 0.1) is 0 Å². The first-order valence-corrected chi connectivity index (χ1v) is 5.98. The van der Waals surface area contributed by atoms with Gasteiger partial charge in [-0.2, -0.15) is 0 Å². The van der Waals surface area contributed by atoms with E-state index in [1.54, 1.807) is 4.91 Å². The Bertz CT molecular complexity index is 123. The molecular formula is C11H22S. The fourth-order valence-corrected chi connectivity index (χ4v) is 2.41. The van der Waals surface area contributed by atoms with Gasteiger partial charge in [0.1, 0.15) is 0 Å². The summed E-state index contributed by atoms with van der Waals surface area (Å²) in [4.78, 5) is 1.58. The van der Waals surface area contributed by atoms with Crippen LogP contribution in [0.25, 0.3) is 0 Å². The Hall–Kier alpha value is 0.0900. The van der Waals surface area contributed by atoms with E-state index in [1.165, 1.54) is 25.7 Å². The Kier molecular flexibility index (Phi) is 7.78. The monoisotopic (exact) mass is 186 g/mol.